The highest BCUT2D eigenvalue weighted by Crippen LogP contribution is 2.45. The van der Waals surface area contributed by atoms with E-state index in [9.17, 15) is 4.79 Å². The first kappa shape index (κ1) is 9.52. The summed E-state index contributed by atoms with van der Waals surface area (Å²) in [5.74, 6) is -0.647. The number of rotatable bonds is 5. The van der Waals surface area contributed by atoms with Crippen molar-refractivity contribution in [3.05, 3.63) is 0 Å². The molecule has 1 aliphatic rings. The normalized spacial score (nSPS) is 20.1. The van der Waals surface area contributed by atoms with Crippen molar-refractivity contribution in [3.63, 3.8) is 0 Å². The van der Waals surface area contributed by atoms with Gasteiger partial charge in [-0.3, -0.25) is 4.79 Å². The van der Waals surface area contributed by atoms with Crippen molar-refractivity contribution in [1.29, 1.82) is 0 Å². The van der Waals surface area contributed by atoms with E-state index in [-0.39, 0.29) is 6.61 Å². The van der Waals surface area contributed by atoms with E-state index in [4.69, 9.17) is 10.2 Å². The van der Waals surface area contributed by atoms with Crippen LogP contribution in [0.2, 0.25) is 0 Å². The Morgan fingerprint density at radius 2 is 2.00 bits per heavy atom. The lowest BCUT2D eigenvalue weighted by Gasteiger charge is -2.37. The van der Waals surface area contributed by atoms with Crippen molar-refractivity contribution in [1.82, 2.24) is 0 Å². The number of unbranched alkanes of at least 4 members (excludes halogenated alkanes) is 1. The van der Waals surface area contributed by atoms with E-state index in [0.717, 1.165) is 38.5 Å². The van der Waals surface area contributed by atoms with Crippen molar-refractivity contribution < 1.29 is 15.0 Å². The molecule has 1 rings (SSSR count). The zero-order chi connectivity index (χ0) is 9.03. The second kappa shape index (κ2) is 3.90. The van der Waals surface area contributed by atoms with Gasteiger partial charge < -0.3 is 10.2 Å². The lowest BCUT2D eigenvalue weighted by atomic mass is 9.66. The molecule has 3 nitrogen and oxygen atoms in total. The van der Waals surface area contributed by atoms with Crippen LogP contribution in [0, 0.1) is 5.41 Å². The summed E-state index contributed by atoms with van der Waals surface area (Å²) in [6.07, 6.45) is 5.01. The summed E-state index contributed by atoms with van der Waals surface area (Å²) in [4.78, 5) is 10.8. The molecule has 0 saturated heterocycles. The summed E-state index contributed by atoms with van der Waals surface area (Å²) in [6.45, 7) is 0.176. The van der Waals surface area contributed by atoms with E-state index in [1.165, 1.54) is 0 Å². The standard InChI is InChI=1S/C9H16O3/c10-7-2-1-4-9(8(11)12)5-3-6-9/h10H,1-7H2,(H,11,12). The third-order valence-electron chi connectivity index (χ3n) is 2.83. The topological polar surface area (TPSA) is 57.5 Å². The molecule has 0 aromatic heterocycles. The van der Waals surface area contributed by atoms with Crippen LogP contribution in [0.4, 0.5) is 0 Å². The van der Waals surface area contributed by atoms with Gasteiger partial charge in [-0.1, -0.05) is 12.8 Å². The molecule has 70 valence electrons. The molecule has 0 aromatic rings. The summed E-state index contributed by atoms with van der Waals surface area (Å²) >= 11 is 0. The Hall–Kier alpha value is -0.570. The minimum absolute atomic E-state index is 0.176. The maximum Gasteiger partial charge on any atom is 0.309 e. The molecule has 2 N–H and O–H groups in total. The minimum Gasteiger partial charge on any atom is -0.481 e. The Labute approximate surface area is 72.4 Å². The molecular formula is C9H16O3. The summed E-state index contributed by atoms with van der Waals surface area (Å²) in [7, 11) is 0. The lowest BCUT2D eigenvalue weighted by Crippen LogP contribution is -2.37. The fourth-order valence-electron chi connectivity index (χ4n) is 1.75. The average Bonchev–Trinajstić information content (AvgIpc) is 1.94. The van der Waals surface area contributed by atoms with Crippen LogP contribution < -0.4 is 0 Å². The number of carbonyl (C=O) groups is 1. The van der Waals surface area contributed by atoms with E-state index in [0.29, 0.717) is 0 Å². The van der Waals surface area contributed by atoms with Gasteiger partial charge in [0.05, 0.1) is 5.41 Å². The van der Waals surface area contributed by atoms with Crippen molar-refractivity contribution in [2.45, 2.75) is 38.5 Å². The van der Waals surface area contributed by atoms with Crippen LogP contribution in [0.25, 0.3) is 0 Å². The molecule has 0 heterocycles. The smallest absolute Gasteiger partial charge is 0.309 e. The molecule has 0 aromatic carbocycles. The van der Waals surface area contributed by atoms with Crippen LogP contribution >= 0.6 is 0 Å². The monoisotopic (exact) mass is 172 g/mol. The average molecular weight is 172 g/mol. The van der Waals surface area contributed by atoms with Gasteiger partial charge in [-0.15, -0.1) is 0 Å². The van der Waals surface area contributed by atoms with Gasteiger partial charge in [-0.25, -0.2) is 0 Å². The van der Waals surface area contributed by atoms with Gasteiger partial charge in [-0.05, 0) is 25.7 Å². The summed E-state index contributed by atoms with van der Waals surface area (Å²) in [5.41, 5.74) is -0.421. The molecule has 12 heavy (non-hydrogen) atoms. The first-order chi connectivity index (χ1) is 5.71. The van der Waals surface area contributed by atoms with E-state index >= 15 is 0 Å². The summed E-state index contributed by atoms with van der Waals surface area (Å²) < 4.78 is 0. The molecule has 1 saturated carbocycles. The summed E-state index contributed by atoms with van der Waals surface area (Å²) in [5, 5.41) is 17.5. The third kappa shape index (κ3) is 1.78. The Kier molecular flexibility index (Phi) is 3.09. The Balaban J connectivity index is 2.30. The minimum atomic E-state index is -0.647. The van der Waals surface area contributed by atoms with Crippen LogP contribution in [0.15, 0.2) is 0 Å². The van der Waals surface area contributed by atoms with Gasteiger partial charge in [0.2, 0.25) is 0 Å². The second-order valence-corrected chi connectivity index (χ2v) is 3.62. The van der Waals surface area contributed by atoms with Crippen LogP contribution in [0.3, 0.4) is 0 Å². The van der Waals surface area contributed by atoms with Crippen molar-refractivity contribution in [2.24, 2.45) is 5.41 Å². The number of carboxylic acid groups (broad SMARTS) is 1. The van der Waals surface area contributed by atoms with Gasteiger partial charge in [-0.2, -0.15) is 0 Å². The van der Waals surface area contributed by atoms with Crippen LogP contribution in [0.5, 0.6) is 0 Å². The second-order valence-electron chi connectivity index (χ2n) is 3.62. The molecule has 3 heteroatoms. The first-order valence-electron chi connectivity index (χ1n) is 4.55. The molecule has 1 fully saturated rings. The molecule has 0 atom stereocenters. The fourth-order valence-corrected chi connectivity index (χ4v) is 1.75. The van der Waals surface area contributed by atoms with E-state index in [2.05, 4.69) is 0 Å². The van der Waals surface area contributed by atoms with Gasteiger partial charge in [0.25, 0.3) is 0 Å². The number of hydrogen-bond donors (Lipinski definition) is 2. The van der Waals surface area contributed by atoms with Gasteiger partial charge >= 0.3 is 5.97 Å². The molecule has 0 aliphatic heterocycles. The zero-order valence-corrected chi connectivity index (χ0v) is 7.25. The maximum absolute atomic E-state index is 10.8. The third-order valence-corrected chi connectivity index (χ3v) is 2.83. The molecular weight excluding hydrogens is 156 g/mol. The molecule has 0 radical (unpaired) electrons. The van der Waals surface area contributed by atoms with Crippen LogP contribution in [-0.2, 0) is 4.79 Å². The fraction of sp³-hybridized carbons (Fsp3) is 0.889. The van der Waals surface area contributed by atoms with Gasteiger partial charge in [0.15, 0.2) is 0 Å². The number of aliphatic hydroxyl groups excluding tert-OH is 1. The highest BCUT2D eigenvalue weighted by Gasteiger charge is 2.43. The lowest BCUT2D eigenvalue weighted by molar-refractivity contribution is -0.155. The predicted molar refractivity (Wildman–Crippen MR) is 44.9 cm³/mol. The number of carboxylic acids is 1. The maximum atomic E-state index is 10.8. The predicted octanol–water partition coefficient (Wildman–Crippen LogP) is 1.40. The molecule has 0 amide bonds. The van der Waals surface area contributed by atoms with E-state index in [1.807, 2.05) is 0 Å². The Morgan fingerprint density at radius 1 is 1.33 bits per heavy atom. The molecule has 1 aliphatic carbocycles. The Morgan fingerprint density at radius 3 is 2.33 bits per heavy atom. The van der Waals surface area contributed by atoms with Crippen molar-refractivity contribution in [3.8, 4) is 0 Å². The SMILES string of the molecule is O=C(O)C1(CCCCO)CCC1. The number of aliphatic hydroxyl groups is 1. The largest absolute Gasteiger partial charge is 0.481 e. The zero-order valence-electron chi connectivity index (χ0n) is 7.25. The molecule has 0 bridgehead atoms. The number of hydrogen-bond acceptors (Lipinski definition) is 2. The molecule has 0 spiro atoms. The van der Waals surface area contributed by atoms with E-state index < -0.39 is 11.4 Å². The Bertz CT molecular complexity index is 161. The van der Waals surface area contributed by atoms with Gasteiger partial charge in [0.1, 0.15) is 0 Å². The van der Waals surface area contributed by atoms with Crippen LogP contribution in [0.1, 0.15) is 38.5 Å². The van der Waals surface area contributed by atoms with Crippen molar-refractivity contribution in [2.75, 3.05) is 6.61 Å². The summed E-state index contributed by atoms with van der Waals surface area (Å²) in [6, 6.07) is 0. The van der Waals surface area contributed by atoms with E-state index in [1.54, 1.807) is 0 Å². The first-order valence-corrected chi connectivity index (χ1v) is 4.55. The molecule has 0 unspecified atom stereocenters. The van der Waals surface area contributed by atoms with Crippen LogP contribution in [-0.4, -0.2) is 22.8 Å². The van der Waals surface area contributed by atoms with Gasteiger partial charge in [0, 0.05) is 6.61 Å². The number of aliphatic carboxylic acids is 1. The highest BCUT2D eigenvalue weighted by atomic mass is 16.4. The highest BCUT2D eigenvalue weighted by molar-refractivity contribution is 5.75. The van der Waals surface area contributed by atoms with Crippen molar-refractivity contribution >= 4 is 5.97 Å². The quantitative estimate of drug-likeness (QED) is 0.616.